The molecule has 0 amide bonds. The van der Waals surface area contributed by atoms with E-state index < -0.39 is 4.92 Å². The second-order valence-corrected chi connectivity index (χ2v) is 3.79. The van der Waals surface area contributed by atoms with Crippen LogP contribution in [0, 0.1) is 10.1 Å². The second kappa shape index (κ2) is 6.88. The summed E-state index contributed by atoms with van der Waals surface area (Å²) in [5.41, 5.74) is 11.5. The molecule has 0 heterocycles. The van der Waals surface area contributed by atoms with Gasteiger partial charge < -0.3 is 20.7 Å². The fourth-order valence-corrected chi connectivity index (χ4v) is 1.89. The minimum absolute atomic E-state index is 0.0301. The van der Waals surface area contributed by atoms with Crippen molar-refractivity contribution in [2.24, 2.45) is 5.73 Å². The van der Waals surface area contributed by atoms with Crippen molar-refractivity contribution in [3.8, 4) is 5.75 Å². The fourth-order valence-electron chi connectivity index (χ4n) is 1.89. The number of benzene rings is 1. The summed E-state index contributed by atoms with van der Waals surface area (Å²) in [6.07, 6.45) is 0.123. The van der Waals surface area contributed by atoms with Gasteiger partial charge in [-0.25, -0.2) is 0 Å². The number of rotatable bonds is 7. The smallest absolute Gasteiger partial charge is 0.278 e. The maximum Gasteiger partial charge on any atom is 0.278 e. The van der Waals surface area contributed by atoms with Gasteiger partial charge in [-0.1, -0.05) is 0 Å². The van der Waals surface area contributed by atoms with Crippen molar-refractivity contribution in [1.29, 1.82) is 0 Å². The van der Waals surface area contributed by atoms with Crippen molar-refractivity contribution in [1.82, 2.24) is 0 Å². The first-order valence-electron chi connectivity index (χ1n) is 5.70. The molecule has 0 unspecified atom stereocenters. The van der Waals surface area contributed by atoms with Crippen LogP contribution in [-0.2, 0) is 12.8 Å². The highest BCUT2D eigenvalue weighted by Crippen LogP contribution is 2.37. The van der Waals surface area contributed by atoms with E-state index in [1.165, 1.54) is 6.07 Å². The van der Waals surface area contributed by atoms with Gasteiger partial charge in [0, 0.05) is 31.6 Å². The lowest BCUT2D eigenvalue weighted by Crippen LogP contribution is -2.13. The first-order valence-corrected chi connectivity index (χ1v) is 5.70. The van der Waals surface area contributed by atoms with Crippen LogP contribution in [0.1, 0.15) is 11.1 Å². The minimum atomic E-state index is -0.571. The van der Waals surface area contributed by atoms with Gasteiger partial charge in [0.1, 0.15) is 12.5 Å². The summed E-state index contributed by atoms with van der Waals surface area (Å²) in [6, 6.07) is 1.40. The molecule has 0 saturated heterocycles. The predicted octanol–water partition coefficient (Wildman–Crippen LogP) is -0.458. The van der Waals surface area contributed by atoms with Crippen molar-refractivity contribution in [2.75, 3.05) is 25.7 Å². The Bertz CT molecular complexity index is 464. The number of nitrogens with two attached hydrogens (primary N) is 2. The Balaban J connectivity index is 3.47. The third-order valence-electron chi connectivity index (χ3n) is 2.65. The van der Waals surface area contributed by atoms with Gasteiger partial charge in [-0.05, 0) is 6.07 Å². The average Bonchev–Trinajstić information content (AvgIpc) is 2.35. The fraction of sp³-hybridized carbons (Fsp3) is 0.455. The Morgan fingerprint density at radius 2 is 1.95 bits per heavy atom. The molecule has 0 aliphatic rings. The van der Waals surface area contributed by atoms with Gasteiger partial charge in [-0.2, -0.15) is 0 Å². The van der Waals surface area contributed by atoms with E-state index in [1.807, 2.05) is 0 Å². The van der Waals surface area contributed by atoms with Crippen molar-refractivity contribution in [3.63, 3.8) is 0 Å². The summed E-state index contributed by atoms with van der Waals surface area (Å²) in [7, 11) is 0. The molecule has 106 valence electrons. The standard InChI is InChI=1S/C11H17N3O5/c12-6-19-9-5-7(1-3-15)11(14(17)18)8(2-4-16)10(9)13/h5,15-16H,1-4,6,12-13H2. The van der Waals surface area contributed by atoms with Crippen molar-refractivity contribution < 1.29 is 19.9 Å². The molecule has 0 atom stereocenters. The average molecular weight is 271 g/mol. The number of nitro benzene ring substituents is 1. The summed E-state index contributed by atoms with van der Waals surface area (Å²) in [6.45, 7) is -0.653. The van der Waals surface area contributed by atoms with E-state index in [-0.39, 0.29) is 55.5 Å². The predicted molar refractivity (Wildman–Crippen MR) is 68.8 cm³/mol. The minimum Gasteiger partial charge on any atom is -0.476 e. The molecule has 6 N–H and O–H groups in total. The quantitative estimate of drug-likeness (QED) is 0.227. The molecule has 8 heteroatoms. The van der Waals surface area contributed by atoms with E-state index in [9.17, 15) is 10.1 Å². The molecule has 0 aliphatic heterocycles. The lowest BCUT2D eigenvalue weighted by atomic mass is 10.00. The van der Waals surface area contributed by atoms with Crippen LogP contribution in [0.2, 0.25) is 0 Å². The first-order chi connectivity index (χ1) is 9.06. The molecule has 0 bridgehead atoms. The van der Waals surface area contributed by atoms with Crippen LogP contribution in [0.25, 0.3) is 0 Å². The number of nitrogen functional groups attached to an aromatic ring is 1. The number of anilines is 1. The Morgan fingerprint density at radius 1 is 1.32 bits per heavy atom. The molecule has 0 aliphatic carbocycles. The third-order valence-corrected chi connectivity index (χ3v) is 2.65. The topological polar surface area (TPSA) is 145 Å². The molecule has 1 rings (SSSR count). The molecule has 0 radical (unpaired) electrons. The number of aliphatic hydroxyl groups is 2. The zero-order chi connectivity index (χ0) is 14.4. The van der Waals surface area contributed by atoms with E-state index in [2.05, 4.69) is 0 Å². The Morgan fingerprint density at radius 3 is 2.42 bits per heavy atom. The molecule has 0 spiro atoms. The van der Waals surface area contributed by atoms with E-state index in [0.29, 0.717) is 5.56 Å². The van der Waals surface area contributed by atoms with E-state index in [0.717, 1.165) is 0 Å². The van der Waals surface area contributed by atoms with Crippen LogP contribution in [0.5, 0.6) is 5.75 Å². The number of ether oxygens (including phenoxy) is 1. The zero-order valence-corrected chi connectivity index (χ0v) is 10.3. The van der Waals surface area contributed by atoms with Gasteiger partial charge in [0.25, 0.3) is 5.69 Å². The van der Waals surface area contributed by atoms with Crippen molar-refractivity contribution >= 4 is 11.4 Å². The molecular formula is C11H17N3O5. The summed E-state index contributed by atoms with van der Waals surface area (Å²) in [5.74, 6) is 0.222. The van der Waals surface area contributed by atoms with Gasteiger partial charge in [0.05, 0.1) is 16.2 Å². The van der Waals surface area contributed by atoms with E-state index in [4.69, 9.17) is 26.4 Å². The second-order valence-electron chi connectivity index (χ2n) is 3.79. The van der Waals surface area contributed by atoms with E-state index in [1.54, 1.807) is 0 Å². The van der Waals surface area contributed by atoms with Crippen LogP contribution in [0.15, 0.2) is 6.07 Å². The van der Waals surface area contributed by atoms with Gasteiger partial charge in [0.15, 0.2) is 0 Å². The summed E-state index contributed by atoms with van der Waals surface area (Å²) >= 11 is 0. The van der Waals surface area contributed by atoms with Crippen molar-refractivity contribution in [3.05, 3.63) is 27.3 Å². The van der Waals surface area contributed by atoms with Crippen LogP contribution < -0.4 is 16.2 Å². The van der Waals surface area contributed by atoms with Crippen LogP contribution in [0.3, 0.4) is 0 Å². The summed E-state index contributed by atoms with van der Waals surface area (Å²) in [5, 5.41) is 29.1. The maximum absolute atomic E-state index is 11.1. The number of hydrogen-bond donors (Lipinski definition) is 4. The Kier molecular flexibility index (Phi) is 5.49. The number of hydrogen-bond acceptors (Lipinski definition) is 7. The summed E-state index contributed by atoms with van der Waals surface area (Å²) in [4.78, 5) is 10.6. The molecule has 19 heavy (non-hydrogen) atoms. The maximum atomic E-state index is 11.1. The molecule has 8 nitrogen and oxygen atoms in total. The van der Waals surface area contributed by atoms with Crippen LogP contribution in [-0.4, -0.2) is 35.1 Å². The van der Waals surface area contributed by atoms with Crippen LogP contribution in [0.4, 0.5) is 11.4 Å². The monoisotopic (exact) mass is 271 g/mol. The lowest BCUT2D eigenvalue weighted by molar-refractivity contribution is -0.386. The van der Waals surface area contributed by atoms with Gasteiger partial charge in [-0.15, -0.1) is 0 Å². The van der Waals surface area contributed by atoms with E-state index >= 15 is 0 Å². The first kappa shape index (κ1) is 15.2. The van der Waals surface area contributed by atoms with Gasteiger partial charge >= 0.3 is 0 Å². The molecule has 0 fully saturated rings. The van der Waals surface area contributed by atoms with Gasteiger partial charge in [0.2, 0.25) is 0 Å². The highest BCUT2D eigenvalue weighted by Gasteiger charge is 2.25. The normalized spacial score (nSPS) is 10.5. The largest absolute Gasteiger partial charge is 0.476 e. The summed E-state index contributed by atoms with van der Waals surface area (Å²) < 4.78 is 5.11. The molecule has 0 saturated carbocycles. The van der Waals surface area contributed by atoms with Gasteiger partial charge in [-0.3, -0.25) is 15.8 Å². The van der Waals surface area contributed by atoms with Crippen molar-refractivity contribution in [2.45, 2.75) is 12.8 Å². The number of aliphatic hydroxyl groups excluding tert-OH is 2. The SMILES string of the molecule is NCOc1cc(CCO)c([N+](=O)[O-])c(CCO)c1N. The molecular weight excluding hydrogens is 254 g/mol. The van der Waals surface area contributed by atoms with Crippen LogP contribution >= 0.6 is 0 Å². The highest BCUT2D eigenvalue weighted by atomic mass is 16.6. The third kappa shape index (κ3) is 3.31. The molecule has 1 aromatic rings. The molecule has 1 aromatic carbocycles. The lowest BCUT2D eigenvalue weighted by Gasteiger charge is -2.14. The Labute approximate surface area is 109 Å². The highest BCUT2D eigenvalue weighted by molar-refractivity contribution is 5.69. The zero-order valence-electron chi connectivity index (χ0n) is 10.3. The number of nitrogens with zero attached hydrogens (tertiary/aromatic N) is 1. The Hall–Kier alpha value is -1.90. The molecule has 0 aromatic heterocycles. The number of nitro groups is 1.